The van der Waals surface area contributed by atoms with E-state index in [1.165, 1.54) is 11.5 Å². The molecule has 1 amide bonds. The number of nitrogens with two attached hydrogens (primary N) is 1. The van der Waals surface area contributed by atoms with Gasteiger partial charge in [0.1, 0.15) is 5.69 Å². The van der Waals surface area contributed by atoms with Gasteiger partial charge >= 0.3 is 0 Å². The van der Waals surface area contributed by atoms with E-state index in [0.717, 1.165) is 4.88 Å². The van der Waals surface area contributed by atoms with Crippen molar-refractivity contribution < 1.29 is 4.79 Å². The first kappa shape index (κ1) is 9.19. The van der Waals surface area contributed by atoms with Crippen molar-refractivity contribution in [3.8, 4) is 0 Å². The Morgan fingerprint density at radius 1 is 1.58 bits per heavy atom. The molecule has 0 fully saturated rings. The van der Waals surface area contributed by atoms with Crippen LogP contribution in [0.3, 0.4) is 0 Å². The number of nitrogens with zero attached hydrogens (tertiary/aromatic N) is 1. The average molecular weight is 184 g/mol. The maximum Gasteiger partial charge on any atom is 0.268 e. The van der Waals surface area contributed by atoms with Gasteiger partial charge in [-0.3, -0.25) is 4.79 Å². The molecule has 4 heteroatoms. The molecule has 0 saturated heterocycles. The third kappa shape index (κ3) is 1.82. The van der Waals surface area contributed by atoms with E-state index in [4.69, 9.17) is 5.73 Å². The lowest BCUT2D eigenvalue weighted by Crippen LogP contribution is -2.12. The van der Waals surface area contributed by atoms with Crippen molar-refractivity contribution in [2.24, 2.45) is 5.73 Å². The van der Waals surface area contributed by atoms with Gasteiger partial charge in [0.25, 0.3) is 5.91 Å². The van der Waals surface area contributed by atoms with Crippen molar-refractivity contribution in [3.05, 3.63) is 16.6 Å². The van der Waals surface area contributed by atoms with Crippen LogP contribution < -0.4 is 5.73 Å². The number of aromatic nitrogens is 1. The van der Waals surface area contributed by atoms with E-state index in [0.29, 0.717) is 5.69 Å². The van der Waals surface area contributed by atoms with Crippen molar-refractivity contribution in [1.29, 1.82) is 0 Å². The number of amides is 1. The first-order chi connectivity index (χ1) is 5.41. The van der Waals surface area contributed by atoms with Crippen LogP contribution in [0.4, 0.5) is 0 Å². The molecule has 66 valence electrons. The van der Waals surface area contributed by atoms with Gasteiger partial charge in [-0.2, -0.15) is 4.37 Å². The van der Waals surface area contributed by atoms with Crippen LogP contribution in [0.15, 0.2) is 6.07 Å². The van der Waals surface area contributed by atoms with Crippen LogP contribution in [-0.2, 0) is 5.41 Å². The van der Waals surface area contributed by atoms with Crippen LogP contribution in [0.25, 0.3) is 0 Å². The molecule has 1 aromatic rings. The summed E-state index contributed by atoms with van der Waals surface area (Å²) < 4.78 is 3.95. The summed E-state index contributed by atoms with van der Waals surface area (Å²) in [6.07, 6.45) is 0. The Bertz CT molecular complexity index is 298. The lowest BCUT2D eigenvalue weighted by molar-refractivity contribution is 0.0996. The summed E-state index contributed by atoms with van der Waals surface area (Å²) in [7, 11) is 0. The molecule has 0 aliphatic carbocycles. The second-order valence-corrected chi connectivity index (χ2v) is 4.50. The van der Waals surface area contributed by atoms with E-state index in [-0.39, 0.29) is 5.41 Å². The van der Waals surface area contributed by atoms with Crippen LogP contribution in [0.1, 0.15) is 36.1 Å². The molecular weight excluding hydrogens is 172 g/mol. The topological polar surface area (TPSA) is 56.0 Å². The molecule has 0 aliphatic rings. The van der Waals surface area contributed by atoms with E-state index < -0.39 is 5.91 Å². The summed E-state index contributed by atoms with van der Waals surface area (Å²) in [6, 6.07) is 1.76. The lowest BCUT2D eigenvalue weighted by Gasteiger charge is -2.13. The number of hydrogen-bond donors (Lipinski definition) is 1. The summed E-state index contributed by atoms with van der Waals surface area (Å²) in [5, 5.41) is 0. The SMILES string of the molecule is CC(C)(C)c1cc(C(N)=O)ns1. The van der Waals surface area contributed by atoms with Crippen LogP contribution in [0, 0.1) is 0 Å². The Morgan fingerprint density at radius 3 is 2.42 bits per heavy atom. The molecule has 0 atom stereocenters. The van der Waals surface area contributed by atoms with Crippen molar-refractivity contribution >= 4 is 17.4 Å². The van der Waals surface area contributed by atoms with Gasteiger partial charge in [0.05, 0.1) is 0 Å². The normalized spacial score (nSPS) is 11.6. The third-order valence-corrected chi connectivity index (χ3v) is 2.72. The summed E-state index contributed by atoms with van der Waals surface area (Å²) in [5.74, 6) is -0.457. The molecular formula is C8H12N2OS. The average Bonchev–Trinajstić information content (AvgIpc) is 2.30. The molecule has 3 nitrogen and oxygen atoms in total. The Labute approximate surface area is 75.8 Å². The highest BCUT2D eigenvalue weighted by Crippen LogP contribution is 2.26. The van der Waals surface area contributed by atoms with E-state index in [1.54, 1.807) is 6.07 Å². The number of primary amides is 1. The molecule has 0 bridgehead atoms. The second-order valence-electron chi connectivity index (χ2n) is 3.69. The van der Waals surface area contributed by atoms with Crippen LogP contribution in [-0.4, -0.2) is 10.3 Å². The third-order valence-electron chi connectivity index (χ3n) is 1.50. The molecule has 0 saturated carbocycles. The molecule has 0 unspecified atom stereocenters. The zero-order valence-electron chi connectivity index (χ0n) is 7.42. The van der Waals surface area contributed by atoms with Gasteiger partial charge in [-0.25, -0.2) is 0 Å². The Hall–Kier alpha value is -0.900. The minimum absolute atomic E-state index is 0.0470. The fourth-order valence-electron chi connectivity index (χ4n) is 0.745. The van der Waals surface area contributed by atoms with Crippen molar-refractivity contribution in [3.63, 3.8) is 0 Å². The molecule has 0 aliphatic heterocycles. The highest BCUT2D eigenvalue weighted by Gasteiger charge is 2.18. The standard InChI is InChI=1S/C8H12N2OS/c1-8(2,3)6-4-5(7(9)11)10-12-6/h4H,1-3H3,(H2,9,11). The van der Waals surface area contributed by atoms with Gasteiger partial charge in [-0.15, -0.1) is 0 Å². The summed E-state index contributed by atoms with van der Waals surface area (Å²) >= 11 is 1.33. The number of carbonyl (C=O) groups is 1. The van der Waals surface area contributed by atoms with Gasteiger partial charge in [-0.1, -0.05) is 20.8 Å². The lowest BCUT2D eigenvalue weighted by atomic mass is 9.94. The fourth-order valence-corrected chi connectivity index (χ4v) is 1.52. The first-order valence-corrected chi connectivity index (χ1v) is 4.45. The Kier molecular flexibility index (Phi) is 2.19. The van der Waals surface area contributed by atoms with Gasteiger partial charge in [0.2, 0.25) is 0 Å². The zero-order valence-corrected chi connectivity index (χ0v) is 8.23. The van der Waals surface area contributed by atoms with Crippen molar-refractivity contribution in [2.45, 2.75) is 26.2 Å². The predicted octanol–water partition coefficient (Wildman–Crippen LogP) is 1.54. The molecule has 0 radical (unpaired) electrons. The molecule has 1 heterocycles. The summed E-state index contributed by atoms with van der Waals surface area (Å²) in [4.78, 5) is 11.8. The minimum Gasteiger partial charge on any atom is -0.364 e. The number of carbonyl (C=O) groups excluding carboxylic acids is 1. The minimum atomic E-state index is -0.457. The molecule has 2 N–H and O–H groups in total. The molecule has 0 spiro atoms. The second kappa shape index (κ2) is 2.86. The molecule has 0 aromatic carbocycles. The van der Waals surface area contributed by atoms with Gasteiger partial charge < -0.3 is 5.73 Å². The zero-order chi connectivity index (χ0) is 9.35. The van der Waals surface area contributed by atoms with Crippen molar-refractivity contribution in [1.82, 2.24) is 4.37 Å². The van der Waals surface area contributed by atoms with E-state index in [2.05, 4.69) is 25.1 Å². The first-order valence-electron chi connectivity index (χ1n) is 3.68. The van der Waals surface area contributed by atoms with E-state index in [1.807, 2.05) is 0 Å². The highest BCUT2D eigenvalue weighted by atomic mass is 32.1. The van der Waals surface area contributed by atoms with Gasteiger partial charge in [-0.05, 0) is 23.0 Å². The largest absolute Gasteiger partial charge is 0.364 e. The highest BCUT2D eigenvalue weighted by molar-refractivity contribution is 7.06. The summed E-state index contributed by atoms with van der Waals surface area (Å²) in [5.41, 5.74) is 5.49. The molecule has 1 aromatic heterocycles. The monoisotopic (exact) mass is 184 g/mol. The predicted molar refractivity (Wildman–Crippen MR) is 49.3 cm³/mol. The Morgan fingerprint density at radius 2 is 2.17 bits per heavy atom. The van der Waals surface area contributed by atoms with E-state index >= 15 is 0 Å². The van der Waals surface area contributed by atoms with E-state index in [9.17, 15) is 4.79 Å². The molecule has 1 rings (SSSR count). The maximum absolute atomic E-state index is 10.7. The Balaban J connectivity index is 3.00. The number of rotatable bonds is 1. The van der Waals surface area contributed by atoms with Crippen LogP contribution in [0.5, 0.6) is 0 Å². The fraction of sp³-hybridized carbons (Fsp3) is 0.500. The van der Waals surface area contributed by atoms with Gasteiger partial charge in [0.15, 0.2) is 0 Å². The van der Waals surface area contributed by atoms with Crippen LogP contribution >= 0.6 is 11.5 Å². The van der Waals surface area contributed by atoms with Crippen LogP contribution in [0.2, 0.25) is 0 Å². The molecule has 12 heavy (non-hydrogen) atoms. The van der Waals surface area contributed by atoms with Gasteiger partial charge in [0, 0.05) is 4.88 Å². The number of hydrogen-bond acceptors (Lipinski definition) is 3. The van der Waals surface area contributed by atoms with Crippen molar-refractivity contribution in [2.75, 3.05) is 0 Å². The maximum atomic E-state index is 10.7. The quantitative estimate of drug-likeness (QED) is 0.719. The summed E-state index contributed by atoms with van der Waals surface area (Å²) in [6.45, 7) is 6.22. The smallest absolute Gasteiger partial charge is 0.268 e.